The summed E-state index contributed by atoms with van der Waals surface area (Å²) in [6.45, 7) is 0. The zero-order chi connectivity index (χ0) is 21.6. The maximum Gasteiger partial charge on any atom is 0.437 e. The Hall–Kier alpha value is -2.36. The zero-order valence-corrected chi connectivity index (χ0v) is 15.7. The molecule has 1 fully saturated rings. The molecular formula is C18H12Cl2F4N2O3. The third kappa shape index (κ3) is 3.77. The SMILES string of the molecule is O=C1N[C@@H](c2c(F)cccc2Cl)[C@H](C(=O)c2ccc(Cl)cc2)[C@](O)(C(F)(F)F)N1. The summed E-state index contributed by atoms with van der Waals surface area (Å²) in [5, 5.41) is 13.7. The van der Waals surface area contributed by atoms with Crippen LogP contribution in [0.2, 0.25) is 10.0 Å². The van der Waals surface area contributed by atoms with E-state index in [9.17, 15) is 32.3 Å². The molecule has 1 aliphatic heterocycles. The number of hydrogen-bond donors (Lipinski definition) is 3. The minimum Gasteiger partial charge on any atom is -0.363 e. The molecule has 11 heteroatoms. The molecule has 1 heterocycles. The number of rotatable bonds is 3. The van der Waals surface area contributed by atoms with E-state index in [1.807, 2.05) is 0 Å². The van der Waals surface area contributed by atoms with Crippen LogP contribution in [-0.2, 0) is 0 Å². The summed E-state index contributed by atoms with van der Waals surface area (Å²) in [7, 11) is 0. The standard InChI is InChI=1S/C18H12Cl2F4N2O3/c19-9-6-4-8(5-7-9)15(27)13-14(12-10(20)2-1-3-11(12)21)25-16(28)26-17(13,29)18(22,23)24/h1-7,13-14,29H,(H2,25,26,28)/t13-,14+,17+/m1/s1. The van der Waals surface area contributed by atoms with Gasteiger partial charge in [0, 0.05) is 21.2 Å². The van der Waals surface area contributed by atoms with Gasteiger partial charge in [-0.3, -0.25) is 4.79 Å². The van der Waals surface area contributed by atoms with Gasteiger partial charge in [0.1, 0.15) is 11.7 Å². The Bertz CT molecular complexity index is 948. The molecule has 3 rings (SSSR count). The van der Waals surface area contributed by atoms with Crippen molar-refractivity contribution < 1.29 is 32.3 Å². The Balaban J connectivity index is 2.23. The van der Waals surface area contributed by atoms with Crippen molar-refractivity contribution in [1.29, 1.82) is 0 Å². The van der Waals surface area contributed by atoms with E-state index in [1.54, 1.807) is 0 Å². The van der Waals surface area contributed by atoms with E-state index < -0.39 is 47.1 Å². The van der Waals surface area contributed by atoms with E-state index >= 15 is 0 Å². The summed E-state index contributed by atoms with van der Waals surface area (Å²) in [5.41, 5.74) is -4.78. The van der Waals surface area contributed by atoms with Gasteiger partial charge in [0.15, 0.2) is 5.78 Å². The summed E-state index contributed by atoms with van der Waals surface area (Å²) in [4.78, 5) is 24.9. The van der Waals surface area contributed by atoms with Crippen LogP contribution in [0, 0.1) is 11.7 Å². The largest absolute Gasteiger partial charge is 0.437 e. The van der Waals surface area contributed by atoms with Gasteiger partial charge in [0.2, 0.25) is 5.72 Å². The molecule has 0 saturated carbocycles. The molecule has 0 aromatic heterocycles. The average molecular weight is 451 g/mol. The molecule has 1 aliphatic rings. The molecule has 0 bridgehead atoms. The molecular weight excluding hydrogens is 439 g/mol. The molecule has 0 spiro atoms. The smallest absolute Gasteiger partial charge is 0.363 e. The second-order valence-electron chi connectivity index (χ2n) is 6.32. The van der Waals surface area contributed by atoms with Crippen molar-refractivity contribution in [3.05, 3.63) is 69.5 Å². The maximum absolute atomic E-state index is 14.5. The van der Waals surface area contributed by atoms with Crippen LogP contribution in [0.3, 0.4) is 0 Å². The summed E-state index contributed by atoms with van der Waals surface area (Å²) in [6, 6.07) is 4.77. The molecule has 29 heavy (non-hydrogen) atoms. The van der Waals surface area contributed by atoms with Crippen molar-refractivity contribution in [2.75, 3.05) is 0 Å². The van der Waals surface area contributed by atoms with Gasteiger partial charge in [0.05, 0.1) is 6.04 Å². The van der Waals surface area contributed by atoms with E-state index in [-0.39, 0.29) is 15.6 Å². The lowest BCUT2D eigenvalue weighted by atomic mass is 9.77. The van der Waals surface area contributed by atoms with E-state index in [1.165, 1.54) is 29.6 Å². The quantitative estimate of drug-likeness (QED) is 0.483. The number of nitrogens with one attached hydrogen (secondary N) is 2. The molecule has 0 radical (unpaired) electrons. The number of amides is 2. The fourth-order valence-corrected chi connectivity index (χ4v) is 3.59. The van der Waals surface area contributed by atoms with Gasteiger partial charge in [-0.25, -0.2) is 9.18 Å². The second kappa shape index (κ2) is 7.47. The summed E-state index contributed by atoms with van der Waals surface area (Å²) < 4.78 is 55.8. The average Bonchev–Trinajstić information content (AvgIpc) is 2.60. The lowest BCUT2D eigenvalue weighted by Gasteiger charge is -2.45. The first kappa shape index (κ1) is 21.4. The first-order valence-corrected chi connectivity index (χ1v) is 8.83. The highest BCUT2D eigenvalue weighted by Crippen LogP contribution is 2.45. The minimum atomic E-state index is -5.46. The van der Waals surface area contributed by atoms with Gasteiger partial charge in [-0.1, -0.05) is 29.3 Å². The van der Waals surface area contributed by atoms with Gasteiger partial charge in [-0.2, -0.15) is 13.2 Å². The van der Waals surface area contributed by atoms with Gasteiger partial charge in [-0.05, 0) is 36.4 Å². The molecule has 2 aromatic carbocycles. The highest BCUT2D eigenvalue weighted by molar-refractivity contribution is 6.31. The number of carbonyl (C=O) groups is 2. The van der Waals surface area contributed by atoms with Crippen molar-refractivity contribution >= 4 is 35.0 Å². The Morgan fingerprint density at radius 2 is 1.72 bits per heavy atom. The maximum atomic E-state index is 14.5. The third-order valence-corrected chi connectivity index (χ3v) is 5.11. The minimum absolute atomic E-state index is 0.219. The predicted octanol–water partition coefficient (Wildman–Crippen LogP) is 4.24. The summed E-state index contributed by atoms with van der Waals surface area (Å²) >= 11 is 11.7. The van der Waals surface area contributed by atoms with E-state index in [2.05, 4.69) is 5.32 Å². The van der Waals surface area contributed by atoms with Crippen molar-refractivity contribution in [2.24, 2.45) is 5.92 Å². The highest BCUT2D eigenvalue weighted by Gasteiger charge is 2.66. The number of Topliss-reactive ketones (excluding diaryl/α,β-unsaturated/α-hetero) is 1. The van der Waals surface area contributed by atoms with E-state index in [0.29, 0.717) is 0 Å². The van der Waals surface area contributed by atoms with Gasteiger partial charge >= 0.3 is 12.2 Å². The number of urea groups is 1. The van der Waals surface area contributed by atoms with Crippen LogP contribution in [0.1, 0.15) is 22.0 Å². The highest BCUT2D eigenvalue weighted by atomic mass is 35.5. The number of carbonyl (C=O) groups excluding carboxylic acids is 2. The molecule has 0 aliphatic carbocycles. The number of hydrogen-bond acceptors (Lipinski definition) is 3. The molecule has 0 unspecified atom stereocenters. The van der Waals surface area contributed by atoms with Crippen molar-refractivity contribution in [1.82, 2.24) is 10.6 Å². The molecule has 154 valence electrons. The van der Waals surface area contributed by atoms with Crippen LogP contribution >= 0.6 is 23.2 Å². The van der Waals surface area contributed by atoms with Crippen molar-refractivity contribution in [3.8, 4) is 0 Å². The molecule has 1 saturated heterocycles. The normalized spacial score (nSPS) is 24.6. The Labute approximate surface area is 171 Å². The Morgan fingerprint density at radius 1 is 1.10 bits per heavy atom. The number of alkyl halides is 3. The second-order valence-corrected chi connectivity index (χ2v) is 7.17. The topological polar surface area (TPSA) is 78.4 Å². The van der Waals surface area contributed by atoms with Crippen molar-refractivity contribution in [2.45, 2.75) is 17.9 Å². The van der Waals surface area contributed by atoms with Gasteiger partial charge in [-0.15, -0.1) is 0 Å². The number of benzene rings is 2. The van der Waals surface area contributed by atoms with Crippen LogP contribution in [0.4, 0.5) is 22.4 Å². The Kier molecular flexibility index (Phi) is 5.50. The van der Waals surface area contributed by atoms with Gasteiger partial charge < -0.3 is 15.7 Å². The number of ketones is 1. The number of aliphatic hydroxyl groups is 1. The van der Waals surface area contributed by atoms with Crippen LogP contribution in [0.25, 0.3) is 0 Å². The fourth-order valence-electron chi connectivity index (χ4n) is 3.18. The summed E-state index contributed by atoms with van der Waals surface area (Å²) in [5.74, 6) is -4.66. The predicted molar refractivity (Wildman–Crippen MR) is 96.1 cm³/mol. The molecule has 2 amide bonds. The van der Waals surface area contributed by atoms with Gasteiger partial charge in [0.25, 0.3) is 0 Å². The van der Waals surface area contributed by atoms with E-state index in [0.717, 1.165) is 18.2 Å². The van der Waals surface area contributed by atoms with Crippen molar-refractivity contribution in [3.63, 3.8) is 0 Å². The lowest BCUT2D eigenvalue weighted by molar-refractivity contribution is -0.287. The molecule has 3 N–H and O–H groups in total. The van der Waals surface area contributed by atoms with Crippen LogP contribution in [-0.4, -0.2) is 28.8 Å². The van der Waals surface area contributed by atoms with Crippen LogP contribution < -0.4 is 10.6 Å². The monoisotopic (exact) mass is 450 g/mol. The number of halogens is 6. The van der Waals surface area contributed by atoms with E-state index in [4.69, 9.17) is 23.2 Å². The van der Waals surface area contributed by atoms with Crippen LogP contribution in [0.5, 0.6) is 0 Å². The fraction of sp³-hybridized carbons (Fsp3) is 0.222. The molecule has 3 atom stereocenters. The lowest BCUT2D eigenvalue weighted by Crippen LogP contribution is -2.72. The zero-order valence-electron chi connectivity index (χ0n) is 14.2. The summed E-state index contributed by atoms with van der Waals surface area (Å²) in [6.07, 6.45) is -5.46. The third-order valence-electron chi connectivity index (χ3n) is 4.53. The molecule has 5 nitrogen and oxygen atoms in total. The first-order chi connectivity index (χ1) is 13.5. The van der Waals surface area contributed by atoms with Crippen LogP contribution in [0.15, 0.2) is 42.5 Å². The molecule has 2 aromatic rings. The Morgan fingerprint density at radius 3 is 2.28 bits per heavy atom. The first-order valence-electron chi connectivity index (χ1n) is 8.07.